The Morgan fingerprint density at radius 3 is 2.55 bits per heavy atom. The summed E-state index contributed by atoms with van der Waals surface area (Å²) in [4.78, 5) is 18.2. The number of esters is 1. The van der Waals surface area contributed by atoms with Crippen LogP contribution in [0.2, 0.25) is 0 Å². The summed E-state index contributed by atoms with van der Waals surface area (Å²) in [6.07, 6.45) is 4.05. The van der Waals surface area contributed by atoms with Gasteiger partial charge in [0.05, 0.1) is 0 Å². The Balaban J connectivity index is 2.31. The van der Waals surface area contributed by atoms with Gasteiger partial charge in [0.1, 0.15) is 12.1 Å². The number of piperidine rings is 1. The van der Waals surface area contributed by atoms with Crippen molar-refractivity contribution in [1.82, 2.24) is 15.5 Å². The molecule has 126 valence electrons. The van der Waals surface area contributed by atoms with Gasteiger partial charge in [-0.1, -0.05) is 6.08 Å². The minimum absolute atomic E-state index is 0.117. The minimum atomic E-state index is -0.465. The first-order valence-electron chi connectivity index (χ1n) is 7.86. The Hall–Kier alpha value is -1.56. The molecular weight excluding hydrogens is 280 g/mol. The Bertz CT molecular complexity index is 393. The molecule has 1 saturated heterocycles. The van der Waals surface area contributed by atoms with Crippen LogP contribution < -0.4 is 10.6 Å². The maximum absolute atomic E-state index is 11.7. The lowest BCUT2D eigenvalue weighted by Gasteiger charge is -2.32. The van der Waals surface area contributed by atoms with Gasteiger partial charge >= 0.3 is 5.97 Å². The van der Waals surface area contributed by atoms with Crippen molar-refractivity contribution in [3.63, 3.8) is 0 Å². The molecule has 0 aromatic carbocycles. The lowest BCUT2D eigenvalue weighted by Crippen LogP contribution is -2.49. The number of carbonyl (C=O) groups excluding carboxylic acids is 1. The average molecular weight is 310 g/mol. The van der Waals surface area contributed by atoms with Gasteiger partial charge in [0, 0.05) is 32.7 Å². The van der Waals surface area contributed by atoms with E-state index in [9.17, 15) is 4.79 Å². The van der Waals surface area contributed by atoms with E-state index in [2.05, 4.69) is 27.1 Å². The van der Waals surface area contributed by atoms with Gasteiger partial charge in [-0.05, 0) is 33.6 Å². The van der Waals surface area contributed by atoms with Gasteiger partial charge in [-0.2, -0.15) is 0 Å². The number of rotatable bonds is 5. The van der Waals surface area contributed by atoms with Crippen LogP contribution in [0.4, 0.5) is 0 Å². The monoisotopic (exact) mass is 310 g/mol. The molecule has 0 saturated carbocycles. The molecule has 6 heteroatoms. The van der Waals surface area contributed by atoms with Crippen molar-refractivity contribution < 1.29 is 9.53 Å². The van der Waals surface area contributed by atoms with Gasteiger partial charge in [0.15, 0.2) is 5.96 Å². The van der Waals surface area contributed by atoms with Crippen LogP contribution in [0.15, 0.2) is 17.6 Å². The Kier molecular flexibility index (Phi) is 7.38. The van der Waals surface area contributed by atoms with E-state index in [1.807, 2.05) is 26.8 Å². The molecular formula is C16H30N4O2. The molecule has 0 amide bonds. The number of nitrogens with one attached hydrogen (secondary N) is 2. The Labute approximate surface area is 134 Å². The van der Waals surface area contributed by atoms with Crippen LogP contribution in [0.5, 0.6) is 0 Å². The smallest absolute Gasteiger partial charge is 0.325 e. The first-order valence-corrected chi connectivity index (χ1v) is 7.86. The van der Waals surface area contributed by atoms with Crippen molar-refractivity contribution in [2.75, 3.05) is 33.2 Å². The number of carbonyl (C=O) groups is 1. The summed E-state index contributed by atoms with van der Waals surface area (Å²) < 4.78 is 5.26. The van der Waals surface area contributed by atoms with Gasteiger partial charge in [-0.3, -0.25) is 14.7 Å². The van der Waals surface area contributed by atoms with Crippen LogP contribution in [-0.4, -0.2) is 61.7 Å². The third-order valence-corrected chi connectivity index (χ3v) is 3.36. The fourth-order valence-electron chi connectivity index (χ4n) is 2.36. The van der Waals surface area contributed by atoms with E-state index in [1.165, 1.54) is 0 Å². The quantitative estimate of drug-likeness (QED) is 0.345. The topological polar surface area (TPSA) is 66.0 Å². The molecule has 0 radical (unpaired) electrons. The Morgan fingerprint density at radius 2 is 2.05 bits per heavy atom. The van der Waals surface area contributed by atoms with Crippen LogP contribution in [0.3, 0.4) is 0 Å². The lowest BCUT2D eigenvalue weighted by molar-refractivity contribution is -0.153. The van der Waals surface area contributed by atoms with E-state index in [0.29, 0.717) is 12.0 Å². The second kappa shape index (κ2) is 8.78. The van der Waals surface area contributed by atoms with Crippen molar-refractivity contribution in [1.29, 1.82) is 0 Å². The fourth-order valence-corrected chi connectivity index (χ4v) is 2.36. The van der Waals surface area contributed by atoms with E-state index < -0.39 is 5.60 Å². The Morgan fingerprint density at radius 1 is 1.41 bits per heavy atom. The molecule has 0 aliphatic carbocycles. The predicted molar refractivity (Wildman–Crippen MR) is 90.0 cm³/mol. The SMILES string of the molecule is C=CCN1CCC(NC(=NC)NCC(=O)OC(C)(C)C)CC1. The highest BCUT2D eigenvalue weighted by atomic mass is 16.6. The zero-order valence-corrected chi connectivity index (χ0v) is 14.3. The normalized spacial score (nSPS) is 17.9. The number of hydrogen-bond acceptors (Lipinski definition) is 4. The van der Waals surface area contributed by atoms with E-state index >= 15 is 0 Å². The minimum Gasteiger partial charge on any atom is -0.459 e. The highest BCUT2D eigenvalue weighted by molar-refractivity contribution is 5.84. The predicted octanol–water partition coefficient (Wildman–Crippen LogP) is 1.14. The molecule has 0 atom stereocenters. The number of guanidine groups is 1. The molecule has 0 unspecified atom stereocenters. The highest BCUT2D eigenvalue weighted by Crippen LogP contribution is 2.10. The van der Waals surface area contributed by atoms with Gasteiger partial charge in [0.25, 0.3) is 0 Å². The van der Waals surface area contributed by atoms with Gasteiger partial charge < -0.3 is 15.4 Å². The number of hydrogen-bond donors (Lipinski definition) is 2. The summed E-state index contributed by atoms with van der Waals surface area (Å²) in [5, 5.41) is 6.38. The van der Waals surface area contributed by atoms with Crippen LogP contribution in [0.1, 0.15) is 33.6 Å². The summed E-state index contributed by atoms with van der Waals surface area (Å²) in [5.74, 6) is 0.365. The van der Waals surface area contributed by atoms with Crippen molar-refractivity contribution >= 4 is 11.9 Å². The molecule has 1 heterocycles. The van der Waals surface area contributed by atoms with Crippen molar-refractivity contribution in [3.8, 4) is 0 Å². The first-order chi connectivity index (χ1) is 10.3. The average Bonchev–Trinajstić information content (AvgIpc) is 2.43. The van der Waals surface area contributed by atoms with Crippen LogP contribution >= 0.6 is 0 Å². The van der Waals surface area contributed by atoms with Crippen LogP contribution in [0, 0.1) is 0 Å². The van der Waals surface area contributed by atoms with Gasteiger partial charge in [-0.25, -0.2) is 0 Å². The van der Waals surface area contributed by atoms with Crippen molar-refractivity contribution in [3.05, 3.63) is 12.7 Å². The number of ether oxygens (including phenoxy) is 1. The van der Waals surface area contributed by atoms with Crippen LogP contribution in [0.25, 0.3) is 0 Å². The molecule has 0 aromatic heterocycles. The third-order valence-electron chi connectivity index (χ3n) is 3.36. The molecule has 22 heavy (non-hydrogen) atoms. The second-order valence-corrected chi connectivity index (χ2v) is 6.52. The van der Waals surface area contributed by atoms with E-state index in [1.54, 1.807) is 7.05 Å². The molecule has 0 spiro atoms. The molecule has 2 N–H and O–H groups in total. The largest absolute Gasteiger partial charge is 0.459 e. The van der Waals surface area contributed by atoms with Crippen molar-refractivity contribution in [2.24, 2.45) is 4.99 Å². The zero-order chi connectivity index (χ0) is 16.6. The summed E-state index contributed by atoms with van der Waals surface area (Å²) in [5.41, 5.74) is -0.465. The van der Waals surface area contributed by atoms with Crippen molar-refractivity contribution in [2.45, 2.75) is 45.3 Å². The standard InChI is InChI=1S/C16H30N4O2/c1-6-9-20-10-7-13(8-11-20)19-15(17-5)18-12-14(21)22-16(2,3)4/h6,13H,1,7-12H2,2-5H3,(H2,17,18,19). The van der Waals surface area contributed by atoms with Crippen LogP contribution in [-0.2, 0) is 9.53 Å². The molecule has 0 bridgehead atoms. The fraction of sp³-hybridized carbons (Fsp3) is 0.750. The summed E-state index contributed by atoms with van der Waals surface area (Å²) in [7, 11) is 1.71. The summed E-state index contributed by atoms with van der Waals surface area (Å²) in [6.45, 7) is 12.5. The maximum atomic E-state index is 11.7. The third kappa shape index (κ3) is 7.45. The highest BCUT2D eigenvalue weighted by Gasteiger charge is 2.20. The number of nitrogens with zero attached hydrogens (tertiary/aromatic N) is 2. The first kappa shape index (κ1) is 18.5. The molecule has 1 fully saturated rings. The maximum Gasteiger partial charge on any atom is 0.325 e. The number of aliphatic imine (C=N–C) groups is 1. The molecule has 1 rings (SSSR count). The van der Waals surface area contributed by atoms with Gasteiger partial charge in [-0.15, -0.1) is 6.58 Å². The summed E-state index contributed by atoms with van der Waals surface area (Å²) >= 11 is 0. The molecule has 0 aromatic rings. The second-order valence-electron chi connectivity index (χ2n) is 6.52. The molecule has 1 aliphatic rings. The zero-order valence-electron chi connectivity index (χ0n) is 14.3. The lowest BCUT2D eigenvalue weighted by atomic mass is 10.1. The van der Waals surface area contributed by atoms with Gasteiger partial charge in [0.2, 0.25) is 0 Å². The number of likely N-dealkylation sites (tertiary alicyclic amines) is 1. The molecule has 6 nitrogen and oxygen atoms in total. The molecule has 1 aliphatic heterocycles. The van der Waals surface area contributed by atoms with E-state index in [4.69, 9.17) is 4.74 Å². The van der Waals surface area contributed by atoms with E-state index in [-0.39, 0.29) is 12.5 Å². The van der Waals surface area contributed by atoms with E-state index in [0.717, 1.165) is 32.5 Å². The summed E-state index contributed by atoms with van der Waals surface area (Å²) in [6, 6.07) is 0.380.